The van der Waals surface area contributed by atoms with Crippen molar-refractivity contribution in [1.29, 1.82) is 0 Å². The van der Waals surface area contributed by atoms with Crippen molar-refractivity contribution in [3.8, 4) is 0 Å². The summed E-state index contributed by atoms with van der Waals surface area (Å²) >= 11 is 0. The summed E-state index contributed by atoms with van der Waals surface area (Å²) < 4.78 is 5.52. The molecule has 22 heavy (non-hydrogen) atoms. The van der Waals surface area contributed by atoms with Crippen molar-refractivity contribution in [1.82, 2.24) is 0 Å². The molecule has 1 nitrogen and oxygen atoms in total. The minimum absolute atomic E-state index is 0.615. The largest absolute Gasteiger partial charge is 0.384 e. The van der Waals surface area contributed by atoms with Gasteiger partial charge in [0.2, 0.25) is 0 Å². The number of rotatable bonds is 6. The highest BCUT2D eigenvalue weighted by molar-refractivity contribution is 5.30. The maximum atomic E-state index is 5.52. The molecule has 0 heterocycles. The molecule has 2 rings (SSSR count). The van der Waals surface area contributed by atoms with E-state index in [1.165, 1.54) is 31.2 Å². The average molecular weight is 303 g/mol. The van der Waals surface area contributed by atoms with Crippen LogP contribution in [0.3, 0.4) is 0 Å². The minimum Gasteiger partial charge on any atom is -0.384 e. The van der Waals surface area contributed by atoms with E-state index < -0.39 is 0 Å². The Morgan fingerprint density at radius 2 is 1.86 bits per heavy atom. The Hall–Kier alpha value is -0.820. The lowest BCUT2D eigenvalue weighted by molar-refractivity contribution is 0.0538. The zero-order valence-corrected chi connectivity index (χ0v) is 15.1. The fraction of sp³-hybridized carbons (Fsp3) is 0.714. The van der Waals surface area contributed by atoms with Crippen LogP contribution in [-0.4, -0.2) is 13.7 Å². The highest BCUT2D eigenvalue weighted by atomic mass is 16.5. The molecule has 1 saturated carbocycles. The van der Waals surface area contributed by atoms with Crippen LogP contribution < -0.4 is 0 Å². The molecule has 1 aromatic carbocycles. The lowest BCUT2D eigenvalue weighted by Crippen LogP contribution is -2.32. The first-order valence-corrected chi connectivity index (χ1v) is 9.09. The van der Waals surface area contributed by atoms with Crippen LogP contribution in [0.15, 0.2) is 24.3 Å². The summed E-state index contributed by atoms with van der Waals surface area (Å²) in [5.74, 6) is 3.79. The number of benzene rings is 1. The van der Waals surface area contributed by atoms with Crippen LogP contribution in [0.1, 0.15) is 64.0 Å². The van der Waals surface area contributed by atoms with Crippen LogP contribution >= 0.6 is 0 Å². The summed E-state index contributed by atoms with van der Waals surface area (Å²) in [5, 5.41) is 0. The molecule has 0 N–H and O–H groups in total. The van der Waals surface area contributed by atoms with Gasteiger partial charge < -0.3 is 4.74 Å². The zero-order chi connectivity index (χ0) is 16.1. The topological polar surface area (TPSA) is 9.23 Å². The molecule has 1 fully saturated rings. The molecule has 0 saturated heterocycles. The highest BCUT2D eigenvalue weighted by Crippen LogP contribution is 2.39. The maximum Gasteiger partial charge on any atom is 0.0493 e. The molecule has 0 amide bonds. The molecule has 1 heteroatoms. The van der Waals surface area contributed by atoms with Gasteiger partial charge in [-0.25, -0.2) is 0 Å². The van der Waals surface area contributed by atoms with Crippen molar-refractivity contribution in [2.75, 3.05) is 13.7 Å². The van der Waals surface area contributed by atoms with E-state index in [-0.39, 0.29) is 0 Å². The van der Waals surface area contributed by atoms with E-state index >= 15 is 0 Å². The van der Waals surface area contributed by atoms with Crippen LogP contribution in [0.25, 0.3) is 0 Å². The van der Waals surface area contributed by atoms with Crippen molar-refractivity contribution < 1.29 is 4.74 Å². The first-order valence-electron chi connectivity index (χ1n) is 9.09. The van der Waals surface area contributed by atoms with Crippen molar-refractivity contribution in [2.24, 2.45) is 23.7 Å². The maximum absolute atomic E-state index is 5.52. The predicted octanol–water partition coefficient (Wildman–Crippen LogP) is 5.69. The Labute approximate surface area is 137 Å². The van der Waals surface area contributed by atoms with Gasteiger partial charge in [0.15, 0.2) is 0 Å². The Morgan fingerprint density at radius 3 is 2.55 bits per heavy atom. The van der Waals surface area contributed by atoms with E-state index in [0.717, 1.165) is 30.3 Å². The fourth-order valence-corrected chi connectivity index (χ4v) is 4.46. The van der Waals surface area contributed by atoms with Crippen LogP contribution in [0, 0.1) is 23.7 Å². The monoisotopic (exact) mass is 302 g/mol. The molecular weight excluding hydrogens is 268 g/mol. The number of ether oxygens (including phenoxy) is 1. The molecule has 0 aliphatic heterocycles. The fourth-order valence-electron chi connectivity index (χ4n) is 4.46. The van der Waals surface area contributed by atoms with Gasteiger partial charge in [-0.3, -0.25) is 0 Å². The second-order valence-corrected chi connectivity index (χ2v) is 7.83. The lowest BCUT2D eigenvalue weighted by atomic mass is 9.68. The Balaban J connectivity index is 2.09. The minimum atomic E-state index is 0.615. The first-order chi connectivity index (χ1) is 10.5. The van der Waals surface area contributed by atoms with Gasteiger partial charge in [0, 0.05) is 13.7 Å². The number of methoxy groups -OCH3 is 1. The highest BCUT2D eigenvalue weighted by Gasteiger charge is 2.32. The van der Waals surface area contributed by atoms with E-state index in [4.69, 9.17) is 4.74 Å². The molecule has 1 aliphatic carbocycles. The second-order valence-electron chi connectivity index (χ2n) is 7.83. The van der Waals surface area contributed by atoms with Gasteiger partial charge in [-0.2, -0.15) is 0 Å². The summed E-state index contributed by atoms with van der Waals surface area (Å²) in [6, 6.07) is 9.02. The molecule has 1 aliphatic rings. The molecular formula is C21H34O. The number of hydrogen-bond acceptors (Lipinski definition) is 1. The smallest absolute Gasteiger partial charge is 0.0493 e. The van der Waals surface area contributed by atoms with E-state index in [1.54, 1.807) is 5.56 Å². The summed E-state index contributed by atoms with van der Waals surface area (Å²) in [5.41, 5.74) is 3.08. The van der Waals surface area contributed by atoms with Crippen molar-refractivity contribution >= 4 is 0 Å². The Kier molecular flexibility index (Phi) is 6.50. The summed E-state index contributed by atoms with van der Waals surface area (Å²) in [6.45, 7) is 10.4. The van der Waals surface area contributed by atoms with Crippen LogP contribution in [-0.2, 0) is 11.2 Å². The predicted molar refractivity (Wildman–Crippen MR) is 95.3 cm³/mol. The van der Waals surface area contributed by atoms with Gasteiger partial charge in [-0.15, -0.1) is 0 Å². The summed E-state index contributed by atoms with van der Waals surface area (Å²) in [7, 11) is 1.86. The normalized spacial score (nSPS) is 27.1. The summed E-state index contributed by atoms with van der Waals surface area (Å²) in [6.07, 6.45) is 5.32. The van der Waals surface area contributed by atoms with E-state index in [9.17, 15) is 0 Å². The molecule has 124 valence electrons. The van der Waals surface area contributed by atoms with Crippen molar-refractivity contribution in [3.05, 3.63) is 35.4 Å². The van der Waals surface area contributed by atoms with E-state index in [1.807, 2.05) is 7.11 Å². The SMILES string of the molecule is COCC1CC(C)CCC1C(C)Cc1ccccc1C(C)C. The quantitative estimate of drug-likeness (QED) is 0.656. The first kappa shape index (κ1) is 17.5. The molecule has 4 atom stereocenters. The average Bonchev–Trinajstić information content (AvgIpc) is 2.48. The zero-order valence-electron chi connectivity index (χ0n) is 15.1. The Morgan fingerprint density at radius 1 is 1.14 bits per heavy atom. The second kappa shape index (κ2) is 8.15. The van der Waals surface area contributed by atoms with E-state index in [0.29, 0.717) is 5.92 Å². The molecule has 0 spiro atoms. The van der Waals surface area contributed by atoms with Crippen molar-refractivity contribution in [2.45, 2.75) is 59.3 Å². The van der Waals surface area contributed by atoms with Gasteiger partial charge in [0.25, 0.3) is 0 Å². The third-order valence-electron chi connectivity index (χ3n) is 5.63. The molecule has 1 aromatic rings. The van der Waals surface area contributed by atoms with E-state index in [2.05, 4.69) is 52.0 Å². The third kappa shape index (κ3) is 4.35. The van der Waals surface area contributed by atoms with Gasteiger partial charge in [0.1, 0.15) is 0 Å². The standard InChI is InChI=1S/C21H34O/c1-15(2)20-9-7-6-8-18(20)13-17(4)21-11-10-16(3)12-19(21)14-22-5/h6-9,15-17,19,21H,10-14H2,1-5H3. The van der Waals surface area contributed by atoms with Crippen LogP contribution in [0.2, 0.25) is 0 Å². The van der Waals surface area contributed by atoms with Gasteiger partial charge in [-0.05, 0) is 60.0 Å². The van der Waals surface area contributed by atoms with Gasteiger partial charge in [-0.1, -0.05) is 58.4 Å². The molecule has 0 aromatic heterocycles. The summed E-state index contributed by atoms with van der Waals surface area (Å²) in [4.78, 5) is 0. The molecule has 4 unspecified atom stereocenters. The third-order valence-corrected chi connectivity index (χ3v) is 5.63. The van der Waals surface area contributed by atoms with Crippen LogP contribution in [0.4, 0.5) is 0 Å². The number of hydrogen-bond donors (Lipinski definition) is 0. The van der Waals surface area contributed by atoms with Crippen LogP contribution in [0.5, 0.6) is 0 Å². The molecule has 0 bridgehead atoms. The van der Waals surface area contributed by atoms with Gasteiger partial charge >= 0.3 is 0 Å². The Bertz CT molecular complexity index is 451. The molecule has 0 radical (unpaired) electrons. The van der Waals surface area contributed by atoms with Gasteiger partial charge in [0.05, 0.1) is 0 Å². The lowest BCUT2D eigenvalue weighted by Gasteiger charge is -2.38. The van der Waals surface area contributed by atoms with Crippen molar-refractivity contribution in [3.63, 3.8) is 0 Å².